The molecule has 0 aliphatic heterocycles. The summed E-state index contributed by atoms with van der Waals surface area (Å²) in [6.07, 6.45) is 5.16. The highest BCUT2D eigenvalue weighted by molar-refractivity contribution is 5.79. The maximum absolute atomic E-state index is 11.8. The van der Waals surface area contributed by atoms with Gasteiger partial charge in [-0.25, -0.2) is 10.8 Å². The molecule has 1 aromatic rings. The van der Waals surface area contributed by atoms with E-state index in [-0.39, 0.29) is 11.9 Å². The Hall–Kier alpha value is -1.36. The van der Waals surface area contributed by atoms with E-state index in [1.54, 1.807) is 0 Å². The molecule has 0 bridgehead atoms. The maximum Gasteiger partial charge on any atom is 0.256 e. The van der Waals surface area contributed by atoms with Gasteiger partial charge < -0.3 is 4.57 Å². The van der Waals surface area contributed by atoms with Gasteiger partial charge in [0.05, 0.1) is 5.69 Å². The van der Waals surface area contributed by atoms with Crippen LogP contribution < -0.4 is 11.3 Å². The summed E-state index contributed by atoms with van der Waals surface area (Å²) in [5.74, 6) is 6.03. The van der Waals surface area contributed by atoms with Crippen LogP contribution in [0.25, 0.3) is 0 Å². The van der Waals surface area contributed by atoms with Crippen LogP contribution in [0.2, 0.25) is 0 Å². The van der Waals surface area contributed by atoms with Crippen LogP contribution in [0, 0.1) is 6.92 Å². The number of nitrogens with two attached hydrogens (primary N) is 1. The fraction of sp³-hybridized carbons (Fsp3) is 0.667. The second kappa shape index (κ2) is 4.87. The van der Waals surface area contributed by atoms with Crippen molar-refractivity contribution in [2.24, 2.45) is 5.84 Å². The van der Waals surface area contributed by atoms with Crippen molar-refractivity contribution in [3.8, 4) is 0 Å². The molecule has 1 aliphatic carbocycles. The summed E-state index contributed by atoms with van der Waals surface area (Å²) in [5, 5.41) is 0. The molecule has 1 aromatic heterocycles. The number of rotatable bonds is 3. The molecule has 0 saturated heterocycles. The Kier molecular flexibility index (Phi) is 3.47. The first-order valence-electron chi connectivity index (χ1n) is 6.26. The number of hydrazine groups is 1. The van der Waals surface area contributed by atoms with E-state index in [1.807, 2.05) is 13.8 Å². The molecule has 2 rings (SSSR count). The van der Waals surface area contributed by atoms with E-state index in [2.05, 4.69) is 15.0 Å². The van der Waals surface area contributed by atoms with E-state index in [0.717, 1.165) is 30.8 Å². The van der Waals surface area contributed by atoms with Crippen LogP contribution in [0.3, 0.4) is 0 Å². The molecule has 0 saturated carbocycles. The quantitative estimate of drug-likeness (QED) is 0.467. The third-order valence-corrected chi connectivity index (χ3v) is 3.49. The number of aromatic nitrogens is 2. The average molecular weight is 236 g/mol. The molecule has 1 unspecified atom stereocenters. The monoisotopic (exact) mass is 236 g/mol. The van der Waals surface area contributed by atoms with Crippen molar-refractivity contribution >= 4 is 5.91 Å². The fourth-order valence-corrected chi connectivity index (χ4v) is 2.69. The number of amides is 1. The molecule has 1 aliphatic rings. The smallest absolute Gasteiger partial charge is 0.256 e. The number of aryl methyl sites for hydroxylation is 2. The molecule has 0 fully saturated rings. The lowest BCUT2D eigenvalue weighted by atomic mass is 10.0. The summed E-state index contributed by atoms with van der Waals surface area (Å²) >= 11 is 0. The summed E-state index contributed by atoms with van der Waals surface area (Å²) in [6, 6.07) is -0.227. The summed E-state index contributed by atoms with van der Waals surface area (Å²) in [7, 11) is 0. The van der Waals surface area contributed by atoms with Gasteiger partial charge in [0.2, 0.25) is 0 Å². The Balaban J connectivity index is 2.42. The van der Waals surface area contributed by atoms with Crippen molar-refractivity contribution in [2.45, 2.75) is 52.0 Å². The van der Waals surface area contributed by atoms with Gasteiger partial charge in [0.15, 0.2) is 0 Å². The number of fused-ring (bicyclic) bond motifs is 1. The summed E-state index contributed by atoms with van der Waals surface area (Å²) in [5.41, 5.74) is 4.64. The van der Waals surface area contributed by atoms with Gasteiger partial charge >= 0.3 is 0 Å². The molecule has 3 N–H and O–H groups in total. The predicted molar refractivity (Wildman–Crippen MR) is 65.3 cm³/mol. The molecular weight excluding hydrogens is 216 g/mol. The Morgan fingerprint density at radius 2 is 2.24 bits per heavy atom. The second-order valence-electron chi connectivity index (χ2n) is 4.56. The number of nitrogens with one attached hydrogen (secondary N) is 1. The Labute approximate surface area is 101 Å². The Bertz CT molecular complexity index is 424. The minimum Gasteiger partial charge on any atom is -0.319 e. The number of hydrogen-bond acceptors (Lipinski definition) is 3. The highest BCUT2D eigenvalue weighted by Gasteiger charge is 2.26. The minimum absolute atomic E-state index is 0.138. The largest absolute Gasteiger partial charge is 0.319 e. The number of hydrogen-bond donors (Lipinski definition) is 2. The van der Waals surface area contributed by atoms with Crippen LogP contribution in [0.5, 0.6) is 0 Å². The number of nitrogens with zero attached hydrogens (tertiary/aromatic N) is 2. The fourth-order valence-electron chi connectivity index (χ4n) is 2.69. The molecule has 5 nitrogen and oxygen atoms in total. The van der Waals surface area contributed by atoms with Gasteiger partial charge in [-0.3, -0.25) is 10.2 Å². The third-order valence-electron chi connectivity index (χ3n) is 3.49. The van der Waals surface area contributed by atoms with E-state index in [1.165, 1.54) is 18.5 Å². The minimum atomic E-state index is -0.227. The van der Waals surface area contributed by atoms with Crippen LogP contribution in [0.1, 0.15) is 49.4 Å². The molecule has 0 aromatic carbocycles. The molecule has 17 heavy (non-hydrogen) atoms. The van der Waals surface area contributed by atoms with Gasteiger partial charge in [-0.2, -0.15) is 0 Å². The molecule has 94 valence electrons. The third kappa shape index (κ3) is 2.07. The first-order valence-corrected chi connectivity index (χ1v) is 6.26. The van der Waals surface area contributed by atoms with E-state index >= 15 is 0 Å². The molecule has 5 heteroatoms. The topological polar surface area (TPSA) is 72.9 Å². The number of carbonyl (C=O) groups is 1. The van der Waals surface area contributed by atoms with Crippen molar-refractivity contribution in [3.63, 3.8) is 0 Å². The lowest BCUT2D eigenvalue weighted by Crippen LogP contribution is -2.37. The van der Waals surface area contributed by atoms with Crippen LogP contribution in [-0.4, -0.2) is 15.5 Å². The standard InChI is InChI=1S/C12H20N4O/c1-3-10(12(17)15-13)16-8(2)14-9-6-4-5-7-11(9)16/h10H,3-7,13H2,1-2H3,(H,15,17). The number of carbonyl (C=O) groups excluding carboxylic acids is 1. The van der Waals surface area contributed by atoms with Gasteiger partial charge in [-0.05, 0) is 39.0 Å². The van der Waals surface area contributed by atoms with Crippen molar-refractivity contribution in [1.82, 2.24) is 15.0 Å². The van der Waals surface area contributed by atoms with E-state index < -0.39 is 0 Å². The normalized spacial score (nSPS) is 16.4. The molecule has 0 radical (unpaired) electrons. The van der Waals surface area contributed by atoms with Crippen LogP contribution >= 0.6 is 0 Å². The van der Waals surface area contributed by atoms with Gasteiger partial charge in [-0.15, -0.1) is 0 Å². The van der Waals surface area contributed by atoms with Crippen LogP contribution in [-0.2, 0) is 17.6 Å². The summed E-state index contributed by atoms with van der Waals surface area (Å²) in [6.45, 7) is 3.96. The van der Waals surface area contributed by atoms with E-state index in [0.29, 0.717) is 0 Å². The highest BCUT2D eigenvalue weighted by Crippen LogP contribution is 2.26. The first kappa shape index (κ1) is 12.1. The predicted octanol–water partition coefficient (Wildman–Crippen LogP) is 1.01. The van der Waals surface area contributed by atoms with Gasteiger partial charge in [0.1, 0.15) is 11.9 Å². The van der Waals surface area contributed by atoms with Gasteiger partial charge in [0, 0.05) is 5.69 Å². The van der Waals surface area contributed by atoms with Crippen molar-refractivity contribution in [1.29, 1.82) is 0 Å². The van der Waals surface area contributed by atoms with Crippen LogP contribution in [0.15, 0.2) is 0 Å². The second-order valence-corrected chi connectivity index (χ2v) is 4.56. The van der Waals surface area contributed by atoms with Gasteiger partial charge in [-0.1, -0.05) is 6.92 Å². The Morgan fingerprint density at radius 3 is 2.88 bits per heavy atom. The van der Waals surface area contributed by atoms with Crippen molar-refractivity contribution < 1.29 is 4.79 Å². The van der Waals surface area contributed by atoms with Crippen LogP contribution in [0.4, 0.5) is 0 Å². The molecule has 1 amide bonds. The zero-order valence-corrected chi connectivity index (χ0v) is 10.5. The lowest BCUT2D eigenvalue weighted by molar-refractivity contribution is -0.124. The maximum atomic E-state index is 11.8. The molecule has 1 heterocycles. The van der Waals surface area contributed by atoms with E-state index in [4.69, 9.17) is 5.84 Å². The first-order chi connectivity index (χ1) is 8.19. The van der Waals surface area contributed by atoms with Crippen molar-refractivity contribution in [3.05, 3.63) is 17.2 Å². The zero-order valence-electron chi connectivity index (χ0n) is 10.5. The SMILES string of the molecule is CCC(C(=O)NN)n1c(C)nc2c1CCCC2. The lowest BCUT2D eigenvalue weighted by Gasteiger charge is -2.21. The number of imidazole rings is 1. The van der Waals surface area contributed by atoms with Crippen molar-refractivity contribution in [2.75, 3.05) is 0 Å². The Morgan fingerprint density at radius 1 is 1.53 bits per heavy atom. The molecule has 1 atom stereocenters. The molecule has 0 spiro atoms. The summed E-state index contributed by atoms with van der Waals surface area (Å²) < 4.78 is 2.07. The van der Waals surface area contributed by atoms with Gasteiger partial charge in [0.25, 0.3) is 5.91 Å². The highest BCUT2D eigenvalue weighted by atomic mass is 16.2. The average Bonchev–Trinajstić information content (AvgIpc) is 2.67. The zero-order chi connectivity index (χ0) is 12.4. The molecular formula is C12H20N4O. The summed E-state index contributed by atoms with van der Waals surface area (Å²) in [4.78, 5) is 16.4. The van der Waals surface area contributed by atoms with E-state index in [9.17, 15) is 4.79 Å².